The van der Waals surface area contributed by atoms with Gasteiger partial charge >= 0.3 is 0 Å². The van der Waals surface area contributed by atoms with E-state index in [1.807, 2.05) is 24.3 Å². The third-order valence-corrected chi connectivity index (χ3v) is 5.08. The van der Waals surface area contributed by atoms with Gasteiger partial charge in [0, 0.05) is 23.6 Å². The number of nitrogens with one attached hydrogen (secondary N) is 2. The molecule has 2 atom stereocenters. The minimum Gasteiger partial charge on any atom is -0.497 e. The van der Waals surface area contributed by atoms with Gasteiger partial charge in [-0.25, -0.2) is 5.10 Å². The highest BCUT2D eigenvalue weighted by Crippen LogP contribution is 2.45. The molecule has 0 fully saturated rings. The van der Waals surface area contributed by atoms with E-state index in [4.69, 9.17) is 10.1 Å². The number of rotatable bonds is 3. The maximum absolute atomic E-state index is 12.9. The van der Waals surface area contributed by atoms with Crippen LogP contribution in [0.5, 0.6) is 5.75 Å². The van der Waals surface area contributed by atoms with Crippen LogP contribution < -0.4 is 9.64 Å². The number of nitriles is 1. The van der Waals surface area contributed by atoms with Crippen molar-refractivity contribution in [3.05, 3.63) is 47.4 Å². The highest BCUT2D eigenvalue weighted by atomic mass is 16.5. The van der Waals surface area contributed by atoms with Gasteiger partial charge in [0.05, 0.1) is 13.2 Å². The fourth-order valence-corrected chi connectivity index (χ4v) is 3.92. The Bertz CT molecular complexity index is 972. The van der Waals surface area contributed by atoms with Crippen LogP contribution in [-0.4, -0.2) is 33.9 Å². The zero-order valence-electron chi connectivity index (χ0n) is 14.8. The second-order valence-electron chi connectivity index (χ2n) is 6.53. The number of amidine groups is 1. The van der Waals surface area contributed by atoms with Crippen molar-refractivity contribution in [1.29, 1.82) is 10.7 Å². The minimum atomic E-state index is -0.817. The number of methoxy groups -OCH3 is 1. The first kappa shape index (κ1) is 17.0. The SMILES string of the molecule is COc1cccc(C2C3=C(CCCC3=O)N(c3ncn[nH]3)C(=N)C2C#N)c1. The number of aromatic amines is 1. The molecule has 1 aromatic carbocycles. The Morgan fingerprint density at radius 3 is 2.96 bits per heavy atom. The average Bonchev–Trinajstić information content (AvgIpc) is 3.21. The molecule has 1 aromatic heterocycles. The summed E-state index contributed by atoms with van der Waals surface area (Å²) < 4.78 is 5.31. The second-order valence-corrected chi connectivity index (χ2v) is 6.53. The predicted octanol–water partition coefficient (Wildman–Crippen LogP) is 2.54. The van der Waals surface area contributed by atoms with Gasteiger partial charge in [-0.15, -0.1) is 0 Å². The van der Waals surface area contributed by atoms with Crippen LogP contribution in [0, 0.1) is 22.7 Å². The summed E-state index contributed by atoms with van der Waals surface area (Å²) in [5.41, 5.74) is 2.12. The molecule has 0 saturated carbocycles. The molecule has 2 aromatic rings. The lowest BCUT2D eigenvalue weighted by Crippen LogP contribution is -2.46. The van der Waals surface area contributed by atoms with Crippen molar-refractivity contribution in [3.8, 4) is 11.8 Å². The third-order valence-electron chi connectivity index (χ3n) is 5.08. The standard InChI is InChI=1S/C19H18N6O2/c1-27-12-5-2-4-11(8-12)16-13(9-20)18(21)25(19-22-10-23-24-19)14-6-3-7-15(26)17(14)16/h2,4-5,8,10,13,16,21H,3,6-7H2,1H3,(H,22,23,24). The summed E-state index contributed by atoms with van der Waals surface area (Å²) >= 11 is 0. The van der Waals surface area contributed by atoms with Crippen molar-refractivity contribution in [2.24, 2.45) is 5.92 Å². The van der Waals surface area contributed by atoms with E-state index in [2.05, 4.69) is 21.3 Å². The lowest BCUT2D eigenvalue weighted by atomic mass is 9.72. The zero-order chi connectivity index (χ0) is 19.0. The van der Waals surface area contributed by atoms with Crippen LogP contribution in [0.15, 0.2) is 41.9 Å². The van der Waals surface area contributed by atoms with Crippen molar-refractivity contribution in [2.45, 2.75) is 25.2 Å². The maximum atomic E-state index is 12.9. The first-order chi connectivity index (χ1) is 13.2. The average molecular weight is 362 g/mol. The third kappa shape index (κ3) is 2.68. The molecule has 1 aliphatic heterocycles. The Labute approximate surface area is 156 Å². The summed E-state index contributed by atoms with van der Waals surface area (Å²) in [5, 5.41) is 25.2. The van der Waals surface area contributed by atoms with E-state index < -0.39 is 11.8 Å². The molecule has 2 heterocycles. The Balaban J connectivity index is 1.94. The van der Waals surface area contributed by atoms with Crippen LogP contribution in [0.2, 0.25) is 0 Å². The number of carbonyl (C=O) groups excluding carboxylic acids is 1. The van der Waals surface area contributed by atoms with Crippen molar-refractivity contribution >= 4 is 17.6 Å². The Hall–Kier alpha value is -3.47. The smallest absolute Gasteiger partial charge is 0.231 e. The number of carbonyl (C=O) groups is 1. The Morgan fingerprint density at radius 2 is 2.26 bits per heavy atom. The van der Waals surface area contributed by atoms with Gasteiger partial charge in [0.25, 0.3) is 0 Å². The molecule has 0 radical (unpaired) electrons. The molecule has 136 valence electrons. The van der Waals surface area contributed by atoms with Crippen molar-refractivity contribution in [2.75, 3.05) is 12.0 Å². The molecule has 0 saturated heterocycles. The highest BCUT2D eigenvalue weighted by molar-refractivity contribution is 6.09. The molecule has 0 spiro atoms. The number of benzene rings is 1. The van der Waals surface area contributed by atoms with E-state index in [1.165, 1.54) is 6.33 Å². The topological polar surface area (TPSA) is 119 Å². The summed E-state index contributed by atoms with van der Waals surface area (Å²) in [5.74, 6) is -0.204. The predicted molar refractivity (Wildman–Crippen MR) is 97.3 cm³/mol. The number of allylic oxidation sites excluding steroid dienone is 2. The monoisotopic (exact) mass is 362 g/mol. The minimum absolute atomic E-state index is 0.0151. The molecule has 4 rings (SSSR count). The fourth-order valence-electron chi connectivity index (χ4n) is 3.92. The highest BCUT2D eigenvalue weighted by Gasteiger charge is 2.45. The Kier molecular flexibility index (Phi) is 4.20. The molecule has 8 heteroatoms. The molecule has 0 bridgehead atoms. The van der Waals surface area contributed by atoms with Crippen LogP contribution in [-0.2, 0) is 4.79 Å². The van der Waals surface area contributed by atoms with Crippen LogP contribution in [0.3, 0.4) is 0 Å². The number of anilines is 1. The fraction of sp³-hybridized carbons (Fsp3) is 0.316. The molecular weight excluding hydrogens is 344 g/mol. The summed E-state index contributed by atoms with van der Waals surface area (Å²) in [6.45, 7) is 0. The molecule has 2 unspecified atom stereocenters. The summed E-state index contributed by atoms with van der Waals surface area (Å²) in [6.07, 6.45) is 3.14. The van der Waals surface area contributed by atoms with Crippen molar-refractivity contribution < 1.29 is 9.53 Å². The first-order valence-electron chi connectivity index (χ1n) is 8.69. The lowest BCUT2D eigenvalue weighted by molar-refractivity contribution is -0.116. The van der Waals surface area contributed by atoms with Gasteiger partial charge in [-0.05, 0) is 30.5 Å². The molecular formula is C19H18N6O2. The zero-order valence-corrected chi connectivity index (χ0v) is 14.8. The van der Waals surface area contributed by atoms with Gasteiger partial charge < -0.3 is 4.74 Å². The van der Waals surface area contributed by atoms with Crippen LogP contribution in [0.25, 0.3) is 0 Å². The molecule has 0 amide bonds. The second kappa shape index (κ2) is 6.68. The normalized spacial score (nSPS) is 22.4. The summed E-state index contributed by atoms with van der Waals surface area (Å²) in [6, 6.07) is 9.59. The largest absolute Gasteiger partial charge is 0.497 e. The van der Waals surface area contributed by atoms with E-state index >= 15 is 0 Å². The number of ether oxygens (including phenoxy) is 1. The molecule has 8 nitrogen and oxygen atoms in total. The number of ketones is 1. The van der Waals surface area contributed by atoms with Gasteiger partial charge in [-0.1, -0.05) is 12.1 Å². The van der Waals surface area contributed by atoms with Gasteiger partial charge in [-0.2, -0.15) is 15.3 Å². The van der Waals surface area contributed by atoms with Gasteiger partial charge in [0.15, 0.2) is 5.78 Å². The Morgan fingerprint density at radius 1 is 1.41 bits per heavy atom. The van der Waals surface area contributed by atoms with E-state index in [0.717, 1.165) is 11.3 Å². The van der Waals surface area contributed by atoms with Crippen molar-refractivity contribution in [3.63, 3.8) is 0 Å². The summed E-state index contributed by atoms with van der Waals surface area (Å²) in [7, 11) is 1.58. The van der Waals surface area contributed by atoms with Crippen molar-refractivity contribution in [1.82, 2.24) is 15.2 Å². The number of aromatic nitrogens is 3. The number of Topliss-reactive ketones (excluding diaryl/α,β-unsaturated/α-hetero) is 1. The number of H-pyrrole nitrogens is 1. The molecule has 2 N–H and O–H groups in total. The van der Waals surface area contributed by atoms with Crippen LogP contribution in [0.4, 0.5) is 5.95 Å². The summed E-state index contributed by atoms with van der Waals surface area (Å²) in [4.78, 5) is 18.6. The van der Waals surface area contributed by atoms with E-state index in [1.54, 1.807) is 12.0 Å². The van der Waals surface area contributed by atoms with Crippen LogP contribution >= 0.6 is 0 Å². The van der Waals surface area contributed by atoms with Crippen LogP contribution in [0.1, 0.15) is 30.7 Å². The molecule has 2 aliphatic rings. The molecule has 27 heavy (non-hydrogen) atoms. The number of hydrogen-bond acceptors (Lipinski definition) is 6. The lowest BCUT2D eigenvalue weighted by Gasteiger charge is -2.40. The van der Waals surface area contributed by atoms with E-state index in [9.17, 15) is 10.1 Å². The first-order valence-corrected chi connectivity index (χ1v) is 8.69. The van der Waals surface area contributed by atoms with E-state index in [-0.39, 0.29) is 11.6 Å². The van der Waals surface area contributed by atoms with Gasteiger partial charge in [0.2, 0.25) is 5.95 Å². The number of hydrogen-bond donors (Lipinski definition) is 2. The molecule has 1 aliphatic carbocycles. The quantitative estimate of drug-likeness (QED) is 0.866. The van der Waals surface area contributed by atoms with Gasteiger partial charge in [-0.3, -0.25) is 15.1 Å². The van der Waals surface area contributed by atoms with Gasteiger partial charge in [0.1, 0.15) is 23.8 Å². The number of nitrogens with zero attached hydrogens (tertiary/aromatic N) is 4. The maximum Gasteiger partial charge on any atom is 0.231 e. The van der Waals surface area contributed by atoms with E-state index in [0.29, 0.717) is 36.5 Å².